The van der Waals surface area contributed by atoms with Crippen LogP contribution in [0.4, 0.5) is 5.82 Å². The van der Waals surface area contributed by atoms with Gasteiger partial charge in [0.2, 0.25) is 0 Å². The minimum absolute atomic E-state index is 0.132. The fourth-order valence-corrected chi connectivity index (χ4v) is 2.94. The van der Waals surface area contributed by atoms with Gasteiger partial charge in [-0.15, -0.1) is 0 Å². The average Bonchev–Trinajstić information content (AvgIpc) is 2.67. The average molecular weight is 344 g/mol. The van der Waals surface area contributed by atoms with Crippen LogP contribution in [0.2, 0.25) is 0 Å². The first-order valence-electron chi connectivity index (χ1n) is 7.02. The second-order valence-corrected chi connectivity index (χ2v) is 6.14. The van der Waals surface area contributed by atoms with Crippen LogP contribution in [0.3, 0.4) is 0 Å². The Kier molecular flexibility index (Phi) is 5.56. The molecule has 0 bridgehead atoms. The van der Waals surface area contributed by atoms with Gasteiger partial charge in [0, 0.05) is 26.2 Å². The Morgan fingerprint density at radius 1 is 1.45 bits per heavy atom. The van der Waals surface area contributed by atoms with Crippen molar-refractivity contribution in [2.24, 2.45) is 11.7 Å². The van der Waals surface area contributed by atoms with Crippen LogP contribution in [0.15, 0.2) is 15.6 Å². The van der Waals surface area contributed by atoms with E-state index in [2.05, 4.69) is 42.6 Å². The zero-order chi connectivity index (χ0) is 14.5. The minimum Gasteiger partial charge on any atom is -0.354 e. The van der Waals surface area contributed by atoms with Gasteiger partial charge < -0.3 is 20.5 Å². The molecule has 112 valence electrons. The van der Waals surface area contributed by atoms with Crippen molar-refractivity contribution in [3.8, 4) is 0 Å². The second-order valence-electron chi connectivity index (χ2n) is 5.35. The number of rotatable bonds is 4. The summed E-state index contributed by atoms with van der Waals surface area (Å²) in [5.74, 6) is 1.26. The summed E-state index contributed by atoms with van der Waals surface area (Å²) >= 11 is 3.33. The van der Waals surface area contributed by atoms with Crippen molar-refractivity contribution in [1.29, 1.82) is 0 Å². The molecule has 1 aliphatic rings. The molecule has 1 aliphatic heterocycles. The number of halogens is 1. The summed E-state index contributed by atoms with van der Waals surface area (Å²) in [4.78, 5) is 23.1. The van der Waals surface area contributed by atoms with E-state index in [1.54, 1.807) is 0 Å². The molecular formula is C13H22BrN5O. The largest absolute Gasteiger partial charge is 0.354 e. The Bertz CT molecular complexity index is 492. The van der Waals surface area contributed by atoms with Gasteiger partial charge in [-0.05, 0) is 41.4 Å². The Morgan fingerprint density at radius 2 is 2.25 bits per heavy atom. The highest BCUT2D eigenvalue weighted by Gasteiger charge is 2.19. The lowest BCUT2D eigenvalue weighted by atomic mass is 10.1. The molecule has 1 saturated heterocycles. The van der Waals surface area contributed by atoms with E-state index in [1.807, 2.05) is 0 Å². The summed E-state index contributed by atoms with van der Waals surface area (Å²) < 4.78 is 0.517. The maximum Gasteiger partial charge on any atom is 0.267 e. The number of nitrogens with two attached hydrogens (primary N) is 1. The van der Waals surface area contributed by atoms with Crippen LogP contribution in [0.5, 0.6) is 0 Å². The maximum absolute atomic E-state index is 11.6. The first-order chi connectivity index (χ1) is 9.61. The van der Waals surface area contributed by atoms with Crippen LogP contribution < -0.4 is 16.2 Å². The van der Waals surface area contributed by atoms with Crippen molar-refractivity contribution in [3.05, 3.63) is 21.2 Å². The fourth-order valence-electron chi connectivity index (χ4n) is 2.47. The molecule has 0 spiro atoms. The Labute approximate surface area is 127 Å². The number of hydrogen-bond acceptors (Lipinski definition) is 5. The second kappa shape index (κ2) is 7.19. The summed E-state index contributed by atoms with van der Waals surface area (Å²) in [6.45, 7) is 7.79. The van der Waals surface area contributed by atoms with Crippen LogP contribution in [0, 0.1) is 5.92 Å². The lowest BCUT2D eigenvalue weighted by molar-refractivity contribution is 0.255. The highest BCUT2D eigenvalue weighted by atomic mass is 79.9. The summed E-state index contributed by atoms with van der Waals surface area (Å²) in [6, 6.07) is 0. The summed E-state index contributed by atoms with van der Waals surface area (Å²) in [6.07, 6.45) is 2.53. The Morgan fingerprint density at radius 3 is 3.00 bits per heavy atom. The lowest BCUT2D eigenvalue weighted by Crippen LogP contribution is -2.35. The van der Waals surface area contributed by atoms with E-state index in [0.717, 1.165) is 51.5 Å². The summed E-state index contributed by atoms with van der Waals surface area (Å²) in [7, 11) is 0. The molecule has 0 aliphatic carbocycles. The molecule has 0 radical (unpaired) electrons. The minimum atomic E-state index is -0.132. The van der Waals surface area contributed by atoms with Gasteiger partial charge in [0.25, 0.3) is 5.56 Å². The molecule has 0 saturated carbocycles. The highest BCUT2D eigenvalue weighted by Crippen LogP contribution is 2.20. The highest BCUT2D eigenvalue weighted by molar-refractivity contribution is 9.10. The number of hydrogen-bond donors (Lipinski definition) is 2. The summed E-state index contributed by atoms with van der Waals surface area (Å²) in [5.41, 5.74) is 5.56. The number of anilines is 1. The first kappa shape index (κ1) is 15.5. The Balaban J connectivity index is 2.02. The molecule has 20 heavy (non-hydrogen) atoms. The molecule has 0 aromatic carbocycles. The molecule has 0 amide bonds. The number of H-pyrrole nitrogens is 1. The number of aromatic nitrogens is 2. The van der Waals surface area contributed by atoms with Crippen LogP contribution >= 0.6 is 15.9 Å². The van der Waals surface area contributed by atoms with E-state index in [1.165, 1.54) is 6.33 Å². The van der Waals surface area contributed by atoms with Crippen molar-refractivity contribution in [1.82, 2.24) is 14.9 Å². The standard InChI is InChI=1S/C13H22BrN5O/c1-10(7-15)8-18-3-2-4-19(6-5-18)12-11(14)13(20)17-9-16-12/h9-10H,2-8,15H2,1H3,(H,16,17,20). The molecule has 1 fully saturated rings. The van der Waals surface area contributed by atoms with Crippen LogP contribution in [0.1, 0.15) is 13.3 Å². The molecule has 2 heterocycles. The van der Waals surface area contributed by atoms with Gasteiger partial charge in [-0.3, -0.25) is 4.79 Å². The first-order valence-corrected chi connectivity index (χ1v) is 7.81. The van der Waals surface area contributed by atoms with E-state index in [0.29, 0.717) is 10.4 Å². The lowest BCUT2D eigenvalue weighted by Gasteiger charge is -2.24. The maximum atomic E-state index is 11.6. The van der Waals surface area contributed by atoms with Gasteiger partial charge in [0.05, 0.1) is 6.33 Å². The fraction of sp³-hybridized carbons (Fsp3) is 0.692. The Hall–Kier alpha value is -0.920. The molecule has 6 nitrogen and oxygen atoms in total. The normalized spacial score (nSPS) is 18.9. The van der Waals surface area contributed by atoms with Crippen molar-refractivity contribution >= 4 is 21.7 Å². The van der Waals surface area contributed by atoms with Gasteiger partial charge in [0.15, 0.2) is 0 Å². The van der Waals surface area contributed by atoms with Crippen molar-refractivity contribution in [2.75, 3.05) is 44.2 Å². The van der Waals surface area contributed by atoms with Gasteiger partial charge in [0.1, 0.15) is 10.3 Å². The van der Waals surface area contributed by atoms with E-state index in [4.69, 9.17) is 5.73 Å². The quantitative estimate of drug-likeness (QED) is 0.838. The molecule has 1 unspecified atom stereocenters. The molecule has 3 N–H and O–H groups in total. The molecular weight excluding hydrogens is 322 g/mol. The third-order valence-electron chi connectivity index (χ3n) is 3.64. The van der Waals surface area contributed by atoms with E-state index in [9.17, 15) is 4.79 Å². The number of nitrogens with one attached hydrogen (secondary N) is 1. The third kappa shape index (κ3) is 3.80. The number of aromatic amines is 1. The molecule has 1 aromatic rings. The van der Waals surface area contributed by atoms with E-state index < -0.39 is 0 Å². The SMILES string of the molecule is CC(CN)CN1CCCN(c2nc[nH]c(=O)c2Br)CC1. The van der Waals surface area contributed by atoms with E-state index >= 15 is 0 Å². The van der Waals surface area contributed by atoms with Crippen molar-refractivity contribution < 1.29 is 0 Å². The number of nitrogens with zero attached hydrogens (tertiary/aromatic N) is 3. The summed E-state index contributed by atoms with van der Waals surface area (Å²) in [5, 5.41) is 0. The van der Waals surface area contributed by atoms with Crippen LogP contribution in [-0.2, 0) is 0 Å². The molecule has 1 aromatic heterocycles. The smallest absolute Gasteiger partial charge is 0.267 e. The van der Waals surface area contributed by atoms with Gasteiger partial charge in [-0.25, -0.2) is 4.98 Å². The molecule has 7 heteroatoms. The van der Waals surface area contributed by atoms with Crippen LogP contribution in [-0.4, -0.2) is 54.1 Å². The molecule has 1 atom stereocenters. The predicted molar refractivity (Wildman–Crippen MR) is 84.0 cm³/mol. The molecule has 2 rings (SSSR count). The third-order valence-corrected chi connectivity index (χ3v) is 4.35. The predicted octanol–water partition coefficient (Wildman–Crippen LogP) is 0.639. The van der Waals surface area contributed by atoms with Crippen molar-refractivity contribution in [2.45, 2.75) is 13.3 Å². The van der Waals surface area contributed by atoms with Gasteiger partial charge in [-0.2, -0.15) is 0 Å². The zero-order valence-corrected chi connectivity index (χ0v) is 13.4. The van der Waals surface area contributed by atoms with E-state index in [-0.39, 0.29) is 5.56 Å². The van der Waals surface area contributed by atoms with Crippen molar-refractivity contribution in [3.63, 3.8) is 0 Å². The van der Waals surface area contributed by atoms with Gasteiger partial charge >= 0.3 is 0 Å². The topological polar surface area (TPSA) is 78.2 Å². The monoisotopic (exact) mass is 343 g/mol. The zero-order valence-electron chi connectivity index (χ0n) is 11.8. The van der Waals surface area contributed by atoms with Gasteiger partial charge in [-0.1, -0.05) is 6.92 Å². The van der Waals surface area contributed by atoms with Crippen LogP contribution in [0.25, 0.3) is 0 Å².